The smallest absolute Gasteiger partial charge is 0.326 e. The van der Waals surface area contributed by atoms with E-state index in [4.69, 9.17) is 9.84 Å². The summed E-state index contributed by atoms with van der Waals surface area (Å²) in [7, 11) is 1.47. The van der Waals surface area contributed by atoms with Crippen LogP contribution in [0.2, 0.25) is 0 Å². The molecule has 104 valence electrons. The summed E-state index contributed by atoms with van der Waals surface area (Å²) >= 11 is 0. The maximum atomic E-state index is 11.7. The Morgan fingerprint density at radius 1 is 1.53 bits per heavy atom. The fraction of sp³-hybridized carbons (Fsp3) is 0.417. The summed E-state index contributed by atoms with van der Waals surface area (Å²) in [6.07, 6.45) is 1.81. The standard InChI is InChI=1S/C12H17N3O4/c1-8-9(4-3-6-13-8)14-12(18)15-10(11(16)17)5-7-19-2/h3-4,6,10H,5,7H2,1-2H3,(H,16,17)(H2,14,15,18). The third kappa shape index (κ3) is 4.92. The summed E-state index contributed by atoms with van der Waals surface area (Å²) in [5.41, 5.74) is 1.19. The molecule has 0 fully saturated rings. The van der Waals surface area contributed by atoms with Crippen molar-refractivity contribution in [2.24, 2.45) is 0 Å². The van der Waals surface area contributed by atoms with Crippen molar-refractivity contribution in [3.8, 4) is 0 Å². The van der Waals surface area contributed by atoms with Crippen molar-refractivity contribution in [2.45, 2.75) is 19.4 Å². The predicted molar refractivity (Wildman–Crippen MR) is 69.0 cm³/mol. The van der Waals surface area contributed by atoms with Gasteiger partial charge in [-0.15, -0.1) is 0 Å². The molecule has 0 saturated heterocycles. The number of nitrogens with one attached hydrogen (secondary N) is 2. The summed E-state index contributed by atoms with van der Waals surface area (Å²) in [5.74, 6) is -1.10. The van der Waals surface area contributed by atoms with Crippen molar-refractivity contribution in [1.29, 1.82) is 0 Å². The number of urea groups is 1. The number of anilines is 1. The fourth-order valence-corrected chi connectivity index (χ4v) is 1.43. The summed E-state index contributed by atoms with van der Waals surface area (Å²) in [5, 5.41) is 13.9. The third-order valence-electron chi connectivity index (χ3n) is 2.47. The molecule has 3 N–H and O–H groups in total. The molecule has 1 aromatic heterocycles. The molecule has 1 unspecified atom stereocenters. The predicted octanol–water partition coefficient (Wildman–Crippen LogP) is 1.00. The van der Waals surface area contributed by atoms with E-state index in [0.29, 0.717) is 11.4 Å². The zero-order chi connectivity index (χ0) is 14.3. The van der Waals surface area contributed by atoms with Crippen LogP contribution >= 0.6 is 0 Å². The minimum absolute atomic E-state index is 0.200. The molecule has 0 aromatic carbocycles. The lowest BCUT2D eigenvalue weighted by Gasteiger charge is -2.15. The van der Waals surface area contributed by atoms with Crippen LogP contribution in [0.25, 0.3) is 0 Å². The van der Waals surface area contributed by atoms with Gasteiger partial charge in [-0.25, -0.2) is 9.59 Å². The van der Waals surface area contributed by atoms with Crippen molar-refractivity contribution in [3.63, 3.8) is 0 Å². The highest BCUT2D eigenvalue weighted by atomic mass is 16.5. The first-order valence-corrected chi connectivity index (χ1v) is 5.75. The van der Waals surface area contributed by atoms with Crippen LogP contribution in [0.15, 0.2) is 18.3 Å². The molecule has 0 spiro atoms. The Hall–Kier alpha value is -2.15. The van der Waals surface area contributed by atoms with E-state index in [0.717, 1.165) is 0 Å². The lowest BCUT2D eigenvalue weighted by atomic mass is 10.2. The number of rotatable bonds is 6. The van der Waals surface area contributed by atoms with E-state index in [1.54, 1.807) is 25.3 Å². The van der Waals surface area contributed by atoms with Crippen molar-refractivity contribution in [2.75, 3.05) is 19.0 Å². The second-order valence-corrected chi connectivity index (χ2v) is 3.91. The van der Waals surface area contributed by atoms with Crippen LogP contribution in [-0.4, -0.2) is 41.8 Å². The zero-order valence-electron chi connectivity index (χ0n) is 10.8. The number of ether oxygens (including phenoxy) is 1. The number of pyridine rings is 1. The van der Waals surface area contributed by atoms with E-state index in [1.807, 2.05) is 0 Å². The molecule has 19 heavy (non-hydrogen) atoms. The van der Waals surface area contributed by atoms with Crippen LogP contribution < -0.4 is 10.6 Å². The van der Waals surface area contributed by atoms with E-state index in [2.05, 4.69) is 15.6 Å². The van der Waals surface area contributed by atoms with Crippen LogP contribution in [0.4, 0.5) is 10.5 Å². The molecule has 7 heteroatoms. The van der Waals surface area contributed by atoms with Crippen LogP contribution in [0.5, 0.6) is 0 Å². The van der Waals surface area contributed by atoms with E-state index in [9.17, 15) is 9.59 Å². The van der Waals surface area contributed by atoms with Gasteiger partial charge in [0.15, 0.2) is 0 Å². The van der Waals surface area contributed by atoms with Crippen molar-refractivity contribution in [3.05, 3.63) is 24.0 Å². The number of carbonyl (C=O) groups is 2. The Balaban J connectivity index is 2.58. The van der Waals surface area contributed by atoms with Crippen LogP contribution in [0.3, 0.4) is 0 Å². The van der Waals surface area contributed by atoms with Gasteiger partial charge in [-0.2, -0.15) is 0 Å². The van der Waals surface area contributed by atoms with Gasteiger partial charge in [-0.3, -0.25) is 4.98 Å². The third-order valence-corrected chi connectivity index (χ3v) is 2.47. The Labute approximate surface area is 111 Å². The molecule has 0 radical (unpaired) electrons. The van der Waals surface area contributed by atoms with Gasteiger partial charge < -0.3 is 20.5 Å². The first kappa shape index (κ1) is 14.9. The lowest BCUT2D eigenvalue weighted by molar-refractivity contribution is -0.139. The van der Waals surface area contributed by atoms with E-state index >= 15 is 0 Å². The van der Waals surface area contributed by atoms with Gasteiger partial charge in [0.05, 0.1) is 11.4 Å². The number of nitrogens with zero attached hydrogens (tertiary/aromatic N) is 1. The Morgan fingerprint density at radius 2 is 2.26 bits per heavy atom. The molecule has 2 amide bonds. The van der Waals surface area contributed by atoms with Crippen molar-refractivity contribution in [1.82, 2.24) is 10.3 Å². The van der Waals surface area contributed by atoms with Gasteiger partial charge in [0.1, 0.15) is 6.04 Å². The van der Waals surface area contributed by atoms with Crippen molar-refractivity contribution >= 4 is 17.7 Å². The average Bonchev–Trinajstić information content (AvgIpc) is 2.37. The molecule has 1 atom stereocenters. The molecule has 0 aliphatic heterocycles. The number of carboxylic acids is 1. The van der Waals surface area contributed by atoms with Gasteiger partial charge in [-0.05, 0) is 19.1 Å². The van der Waals surface area contributed by atoms with Crippen molar-refractivity contribution < 1.29 is 19.4 Å². The molecule has 0 bridgehead atoms. The number of aliphatic carboxylic acids is 1. The van der Waals surface area contributed by atoms with Gasteiger partial charge in [0, 0.05) is 26.3 Å². The number of carbonyl (C=O) groups excluding carboxylic acids is 1. The lowest BCUT2D eigenvalue weighted by Crippen LogP contribution is -2.43. The molecule has 1 heterocycles. The maximum absolute atomic E-state index is 11.7. The van der Waals surface area contributed by atoms with Crippen LogP contribution in [0.1, 0.15) is 12.1 Å². The summed E-state index contributed by atoms with van der Waals surface area (Å²) in [4.78, 5) is 26.7. The largest absolute Gasteiger partial charge is 0.480 e. The number of hydrogen-bond acceptors (Lipinski definition) is 4. The number of aromatic nitrogens is 1. The Bertz CT molecular complexity index is 450. The number of methoxy groups -OCH3 is 1. The maximum Gasteiger partial charge on any atom is 0.326 e. The Kier molecular flexibility index (Phi) is 5.74. The quantitative estimate of drug-likeness (QED) is 0.714. The number of aryl methyl sites for hydroxylation is 1. The number of hydrogen-bond donors (Lipinski definition) is 3. The zero-order valence-corrected chi connectivity index (χ0v) is 10.8. The monoisotopic (exact) mass is 267 g/mol. The molecule has 7 nitrogen and oxygen atoms in total. The molecular weight excluding hydrogens is 250 g/mol. The number of amides is 2. The Morgan fingerprint density at radius 3 is 2.84 bits per heavy atom. The summed E-state index contributed by atoms with van der Waals surface area (Å²) in [6.45, 7) is 2.00. The minimum Gasteiger partial charge on any atom is -0.480 e. The van der Waals surface area contributed by atoms with E-state index in [1.165, 1.54) is 7.11 Å². The van der Waals surface area contributed by atoms with Crippen LogP contribution in [0, 0.1) is 6.92 Å². The highest BCUT2D eigenvalue weighted by Crippen LogP contribution is 2.09. The van der Waals surface area contributed by atoms with Gasteiger partial charge in [-0.1, -0.05) is 0 Å². The second-order valence-electron chi connectivity index (χ2n) is 3.91. The SMILES string of the molecule is COCCC(NC(=O)Nc1cccnc1C)C(=O)O. The van der Waals surface area contributed by atoms with E-state index in [-0.39, 0.29) is 13.0 Å². The first-order valence-electron chi connectivity index (χ1n) is 5.75. The van der Waals surface area contributed by atoms with Gasteiger partial charge in [0.25, 0.3) is 0 Å². The van der Waals surface area contributed by atoms with E-state index < -0.39 is 18.0 Å². The van der Waals surface area contributed by atoms with Gasteiger partial charge in [0.2, 0.25) is 0 Å². The first-order chi connectivity index (χ1) is 9.04. The highest BCUT2D eigenvalue weighted by molar-refractivity contribution is 5.92. The summed E-state index contributed by atoms with van der Waals surface area (Å²) < 4.78 is 4.80. The summed E-state index contributed by atoms with van der Waals surface area (Å²) in [6, 6.07) is 1.80. The average molecular weight is 267 g/mol. The number of carboxylic acid groups (broad SMARTS) is 1. The second kappa shape index (κ2) is 7.32. The molecular formula is C12H17N3O4. The topological polar surface area (TPSA) is 101 Å². The molecule has 1 aromatic rings. The normalized spacial score (nSPS) is 11.7. The minimum atomic E-state index is -1.10. The molecule has 0 aliphatic rings. The molecule has 1 rings (SSSR count). The molecule has 0 saturated carbocycles. The molecule has 0 aliphatic carbocycles. The highest BCUT2D eigenvalue weighted by Gasteiger charge is 2.19. The van der Waals surface area contributed by atoms with Gasteiger partial charge >= 0.3 is 12.0 Å². The fourth-order valence-electron chi connectivity index (χ4n) is 1.43. The van der Waals surface area contributed by atoms with Crippen LogP contribution in [-0.2, 0) is 9.53 Å².